The molecule has 0 saturated heterocycles. The van der Waals surface area contributed by atoms with Gasteiger partial charge in [0.05, 0.1) is 12.2 Å². The van der Waals surface area contributed by atoms with E-state index in [9.17, 15) is 24.2 Å². The number of Topliss-reactive ketones (excluding diaryl/α,β-unsaturated/α-hetero) is 1. The average molecular weight is 307 g/mol. The molecule has 0 aliphatic heterocycles. The molecule has 6 nitrogen and oxygen atoms in total. The zero-order valence-corrected chi connectivity index (χ0v) is 11.5. The fraction of sp³-hybridized carbons (Fsp3) is 0.200. The van der Waals surface area contributed by atoms with Crippen molar-refractivity contribution in [2.75, 3.05) is 6.67 Å². The first-order chi connectivity index (χ1) is 10.5. The maximum Gasteiger partial charge on any atom is 0.363 e. The lowest BCUT2D eigenvalue weighted by molar-refractivity contribution is 0.0381. The minimum Gasteiger partial charge on any atom is -0.492 e. The van der Waals surface area contributed by atoms with Crippen LogP contribution in [0.25, 0.3) is 0 Å². The monoisotopic (exact) mass is 307 g/mol. The van der Waals surface area contributed by atoms with Crippen LogP contribution in [-0.2, 0) is 0 Å². The number of hydrogen-bond donors (Lipinski definition) is 2. The summed E-state index contributed by atoms with van der Waals surface area (Å²) < 4.78 is 12.6. The lowest BCUT2D eigenvalue weighted by Gasteiger charge is -2.07. The van der Waals surface area contributed by atoms with Crippen molar-refractivity contribution in [1.82, 2.24) is 4.73 Å². The molecular formula is C15H14FNO5. The SMILES string of the molecule is O=C(CCCF)c1ccc(C(=O)On2c(O)ccc2O)cc1. The molecule has 0 radical (unpaired) electrons. The third-order valence-corrected chi connectivity index (χ3v) is 2.95. The summed E-state index contributed by atoms with van der Waals surface area (Å²) in [6.45, 7) is -0.556. The zero-order chi connectivity index (χ0) is 16.1. The van der Waals surface area contributed by atoms with Crippen molar-refractivity contribution in [3.8, 4) is 11.8 Å². The van der Waals surface area contributed by atoms with Gasteiger partial charge in [-0.3, -0.25) is 9.18 Å². The van der Waals surface area contributed by atoms with Gasteiger partial charge in [-0.1, -0.05) is 12.1 Å². The summed E-state index contributed by atoms with van der Waals surface area (Å²) in [5.41, 5.74) is 0.506. The van der Waals surface area contributed by atoms with Crippen LogP contribution in [-0.4, -0.2) is 33.4 Å². The second kappa shape index (κ2) is 6.75. The fourth-order valence-electron chi connectivity index (χ4n) is 1.79. The highest BCUT2D eigenvalue weighted by molar-refractivity contribution is 5.97. The van der Waals surface area contributed by atoms with E-state index in [1.807, 2.05) is 0 Å². The van der Waals surface area contributed by atoms with Gasteiger partial charge in [-0.25, -0.2) is 4.79 Å². The van der Waals surface area contributed by atoms with E-state index in [-0.39, 0.29) is 24.2 Å². The first-order valence-corrected chi connectivity index (χ1v) is 6.54. The number of hydrogen-bond acceptors (Lipinski definition) is 5. The van der Waals surface area contributed by atoms with Crippen molar-refractivity contribution in [2.24, 2.45) is 0 Å². The van der Waals surface area contributed by atoms with Crippen molar-refractivity contribution in [3.05, 3.63) is 47.5 Å². The molecular weight excluding hydrogens is 293 g/mol. The van der Waals surface area contributed by atoms with Gasteiger partial charge in [-0.15, -0.1) is 4.73 Å². The van der Waals surface area contributed by atoms with Crippen LogP contribution in [0.3, 0.4) is 0 Å². The number of carbonyl (C=O) groups is 2. The van der Waals surface area contributed by atoms with Crippen LogP contribution in [0.15, 0.2) is 36.4 Å². The smallest absolute Gasteiger partial charge is 0.363 e. The Bertz CT molecular complexity index is 658. The van der Waals surface area contributed by atoms with Gasteiger partial charge in [0.15, 0.2) is 5.78 Å². The molecule has 116 valence electrons. The Kier molecular flexibility index (Phi) is 4.77. The number of benzene rings is 1. The van der Waals surface area contributed by atoms with Gasteiger partial charge >= 0.3 is 5.97 Å². The third-order valence-electron chi connectivity index (χ3n) is 2.95. The van der Waals surface area contributed by atoms with Crippen LogP contribution in [0, 0.1) is 0 Å². The van der Waals surface area contributed by atoms with E-state index in [2.05, 4.69) is 0 Å². The number of halogens is 1. The predicted octanol–water partition coefficient (Wildman–Crippen LogP) is 2.10. The predicted molar refractivity (Wildman–Crippen MR) is 74.7 cm³/mol. The van der Waals surface area contributed by atoms with Crippen LogP contribution in [0.2, 0.25) is 0 Å². The Labute approximate surface area is 125 Å². The molecule has 1 aromatic carbocycles. The first-order valence-electron chi connectivity index (χ1n) is 6.54. The molecule has 1 heterocycles. The second-order valence-electron chi connectivity index (χ2n) is 4.52. The maximum absolute atomic E-state index is 12.0. The molecule has 2 N–H and O–H groups in total. The number of aromatic hydroxyl groups is 2. The van der Waals surface area contributed by atoms with E-state index < -0.39 is 24.4 Å². The summed E-state index contributed by atoms with van der Waals surface area (Å²) in [6.07, 6.45) is 0.264. The number of carbonyl (C=O) groups excluding carboxylic acids is 2. The average Bonchev–Trinajstić information content (AvgIpc) is 2.84. The van der Waals surface area contributed by atoms with Crippen LogP contribution in [0.5, 0.6) is 11.8 Å². The summed E-state index contributed by atoms with van der Waals surface area (Å²) in [4.78, 5) is 28.4. The van der Waals surface area contributed by atoms with Crippen LogP contribution < -0.4 is 4.84 Å². The number of aromatic nitrogens is 1. The molecule has 0 unspecified atom stereocenters. The Balaban J connectivity index is 2.07. The van der Waals surface area contributed by atoms with E-state index in [1.54, 1.807) is 0 Å². The van der Waals surface area contributed by atoms with Crippen molar-refractivity contribution < 1.29 is 29.0 Å². The van der Waals surface area contributed by atoms with Gasteiger partial charge < -0.3 is 15.1 Å². The van der Waals surface area contributed by atoms with E-state index in [4.69, 9.17) is 4.84 Å². The van der Waals surface area contributed by atoms with Crippen molar-refractivity contribution in [2.45, 2.75) is 12.8 Å². The topological polar surface area (TPSA) is 88.8 Å². The van der Waals surface area contributed by atoms with Crippen molar-refractivity contribution in [1.29, 1.82) is 0 Å². The molecule has 0 bridgehead atoms. The Morgan fingerprint density at radius 1 is 1.00 bits per heavy atom. The molecule has 0 fully saturated rings. The Morgan fingerprint density at radius 3 is 2.09 bits per heavy atom. The lowest BCUT2D eigenvalue weighted by Crippen LogP contribution is -2.19. The summed E-state index contributed by atoms with van der Waals surface area (Å²) in [5, 5.41) is 18.8. The first kappa shape index (κ1) is 15.6. The van der Waals surface area contributed by atoms with Gasteiger partial charge in [0.2, 0.25) is 11.8 Å². The van der Waals surface area contributed by atoms with Gasteiger partial charge in [0, 0.05) is 24.1 Å². The van der Waals surface area contributed by atoms with E-state index in [1.165, 1.54) is 24.3 Å². The maximum atomic E-state index is 12.0. The summed E-state index contributed by atoms with van der Waals surface area (Å²) >= 11 is 0. The molecule has 7 heteroatoms. The highest BCUT2D eigenvalue weighted by atomic mass is 19.1. The van der Waals surface area contributed by atoms with Crippen LogP contribution >= 0.6 is 0 Å². The number of nitrogens with zero attached hydrogens (tertiary/aromatic N) is 1. The van der Waals surface area contributed by atoms with Crippen LogP contribution in [0.1, 0.15) is 33.6 Å². The Hall–Kier alpha value is -2.83. The Morgan fingerprint density at radius 2 is 1.55 bits per heavy atom. The summed E-state index contributed by atoms with van der Waals surface area (Å²) in [6, 6.07) is 7.95. The third kappa shape index (κ3) is 3.43. The fourth-order valence-corrected chi connectivity index (χ4v) is 1.79. The van der Waals surface area contributed by atoms with E-state index in [0.717, 1.165) is 12.1 Å². The standard InChI is InChI=1S/C15H14FNO5/c16-9-1-2-12(18)10-3-5-11(6-4-10)15(21)22-17-13(19)7-8-14(17)20/h3-8,19-20H,1-2,9H2. The molecule has 0 amide bonds. The lowest BCUT2D eigenvalue weighted by atomic mass is 10.1. The normalized spacial score (nSPS) is 10.4. The summed E-state index contributed by atoms with van der Waals surface area (Å²) in [5.74, 6) is -1.88. The minimum atomic E-state index is -0.815. The van der Waals surface area contributed by atoms with E-state index in [0.29, 0.717) is 10.3 Å². The largest absolute Gasteiger partial charge is 0.492 e. The molecule has 1 aromatic heterocycles. The van der Waals surface area contributed by atoms with Crippen molar-refractivity contribution >= 4 is 11.8 Å². The quantitative estimate of drug-likeness (QED) is 0.798. The minimum absolute atomic E-state index is 0.103. The molecule has 2 rings (SSSR count). The molecule has 2 aromatic rings. The van der Waals surface area contributed by atoms with Crippen LogP contribution in [0.4, 0.5) is 4.39 Å². The highest BCUT2D eigenvalue weighted by Crippen LogP contribution is 2.19. The molecule has 0 atom stereocenters. The number of ketones is 1. The summed E-state index contributed by atoms with van der Waals surface area (Å²) in [7, 11) is 0. The van der Waals surface area contributed by atoms with Gasteiger partial charge in [0.25, 0.3) is 0 Å². The van der Waals surface area contributed by atoms with Crippen molar-refractivity contribution in [3.63, 3.8) is 0 Å². The second-order valence-corrected chi connectivity index (χ2v) is 4.52. The molecule has 0 saturated carbocycles. The van der Waals surface area contributed by atoms with Gasteiger partial charge in [-0.05, 0) is 18.6 Å². The van der Waals surface area contributed by atoms with E-state index >= 15 is 0 Å². The number of alkyl halides is 1. The molecule has 22 heavy (non-hydrogen) atoms. The molecule has 0 spiro atoms. The van der Waals surface area contributed by atoms with Gasteiger partial charge in [-0.2, -0.15) is 0 Å². The van der Waals surface area contributed by atoms with Gasteiger partial charge in [0.1, 0.15) is 0 Å². The number of rotatable bonds is 6. The zero-order valence-electron chi connectivity index (χ0n) is 11.5. The highest BCUT2D eigenvalue weighted by Gasteiger charge is 2.15. The molecule has 0 aliphatic rings. The molecule has 0 aliphatic carbocycles.